The van der Waals surface area contributed by atoms with Crippen LogP contribution in [0.2, 0.25) is 0 Å². The number of ether oxygens (including phenoxy) is 1. The third-order valence-corrected chi connectivity index (χ3v) is 3.22. The SMILES string of the molecule is CCC(C#N)Oc1ccc(CNC(C)(C)C)cc1Br. The molecule has 0 heterocycles. The van der Waals surface area contributed by atoms with Gasteiger partial charge in [-0.1, -0.05) is 13.0 Å². The Kier molecular flexibility index (Phi) is 5.84. The van der Waals surface area contributed by atoms with Gasteiger partial charge in [0, 0.05) is 12.1 Å². The van der Waals surface area contributed by atoms with E-state index in [2.05, 4.69) is 48.1 Å². The van der Waals surface area contributed by atoms with Gasteiger partial charge >= 0.3 is 0 Å². The minimum atomic E-state index is -0.394. The first-order valence-corrected chi connectivity index (χ1v) is 7.24. The third kappa shape index (κ3) is 5.63. The van der Waals surface area contributed by atoms with Gasteiger partial charge in [-0.3, -0.25) is 0 Å². The summed E-state index contributed by atoms with van der Waals surface area (Å²) in [4.78, 5) is 0. The number of nitriles is 1. The van der Waals surface area contributed by atoms with Crippen molar-refractivity contribution in [3.8, 4) is 11.8 Å². The van der Waals surface area contributed by atoms with Crippen LogP contribution in [0.15, 0.2) is 22.7 Å². The molecule has 0 aliphatic rings. The van der Waals surface area contributed by atoms with Crippen molar-refractivity contribution in [1.82, 2.24) is 5.32 Å². The Hall–Kier alpha value is -1.05. The molecular formula is C15H21BrN2O. The molecule has 0 fully saturated rings. The highest BCUT2D eigenvalue weighted by molar-refractivity contribution is 9.10. The van der Waals surface area contributed by atoms with E-state index in [-0.39, 0.29) is 5.54 Å². The van der Waals surface area contributed by atoms with Crippen LogP contribution in [0.5, 0.6) is 5.75 Å². The maximum absolute atomic E-state index is 8.91. The Balaban J connectivity index is 2.72. The van der Waals surface area contributed by atoms with Gasteiger partial charge in [-0.05, 0) is 60.8 Å². The predicted octanol–water partition coefficient (Wildman–Crippen LogP) is 4.02. The first kappa shape index (κ1) is 16.0. The molecule has 0 aromatic heterocycles. The molecule has 19 heavy (non-hydrogen) atoms. The Morgan fingerprint density at radius 3 is 2.58 bits per heavy atom. The summed E-state index contributed by atoms with van der Waals surface area (Å²) in [6.45, 7) is 9.15. The molecule has 0 bridgehead atoms. The van der Waals surface area contributed by atoms with Gasteiger partial charge in [0.05, 0.1) is 4.47 Å². The molecule has 0 saturated carbocycles. The minimum Gasteiger partial charge on any atom is -0.474 e. The molecule has 1 aromatic carbocycles. The van der Waals surface area contributed by atoms with Crippen LogP contribution >= 0.6 is 15.9 Å². The molecule has 1 N–H and O–H groups in total. The number of rotatable bonds is 5. The van der Waals surface area contributed by atoms with Gasteiger partial charge in [-0.25, -0.2) is 0 Å². The molecule has 0 amide bonds. The molecule has 3 nitrogen and oxygen atoms in total. The number of halogens is 1. The lowest BCUT2D eigenvalue weighted by Gasteiger charge is -2.21. The molecule has 1 unspecified atom stereocenters. The monoisotopic (exact) mass is 324 g/mol. The molecule has 0 spiro atoms. The highest BCUT2D eigenvalue weighted by atomic mass is 79.9. The van der Waals surface area contributed by atoms with E-state index in [1.807, 2.05) is 25.1 Å². The standard InChI is InChI=1S/C15H21BrN2O/c1-5-12(9-17)19-14-7-6-11(8-13(14)16)10-18-15(2,3)4/h6-8,12,18H,5,10H2,1-4H3. The fraction of sp³-hybridized carbons (Fsp3) is 0.533. The molecular weight excluding hydrogens is 304 g/mol. The number of nitrogens with one attached hydrogen (secondary N) is 1. The van der Waals surface area contributed by atoms with Crippen molar-refractivity contribution in [3.05, 3.63) is 28.2 Å². The minimum absolute atomic E-state index is 0.0930. The summed E-state index contributed by atoms with van der Waals surface area (Å²) in [5.41, 5.74) is 1.27. The van der Waals surface area contributed by atoms with Gasteiger partial charge in [0.1, 0.15) is 11.8 Å². The van der Waals surface area contributed by atoms with Crippen molar-refractivity contribution in [2.45, 2.75) is 52.3 Å². The molecule has 0 aliphatic heterocycles. The molecule has 104 valence electrons. The van der Waals surface area contributed by atoms with E-state index in [1.54, 1.807) is 0 Å². The van der Waals surface area contributed by atoms with Crippen molar-refractivity contribution in [3.63, 3.8) is 0 Å². The largest absolute Gasteiger partial charge is 0.474 e. The average Bonchev–Trinajstić information content (AvgIpc) is 2.34. The fourth-order valence-electron chi connectivity index (χ4n) is 1.47. The molecule has 1 rings (SSSR count). The normalized spacial score (nSPS) is 12.8. The lowest BCUT2D eigenvalue weighted by atomic mass is 10.1. The van der Waals surface area contributed by atoms with E-state index in [0.717, 1.165) is 11.0 Å². The van der Waals surface area contributed by atoms with E-state index in [4.69, 9.17) is 10.00 Å². The van der Waals surface area contributed by atoms with Crippen LogP contribution in [0.4, 0.5) is 0 Å². The van der Waals surface area contributed by atoms with Crippen molar-refractivity contribution >= 4 is 15.9 Å². The zero-order valence-corrected chi connectivity index (χ0v) is 13.5. The number of hydrogen-bond donors (Lipinski definition) is 1. The van der Waals surface area contributed by atoms with Gasteiger partial charge in [0.25, 0.3) is 0 Å². The lowest BCUT2D eigenvalue weighted by molar-refractivity contribution is 0.250. The van der Waals surface area contributed by atoms with Crippen LogP contribution in [0.25, 0.3) is 0 Å². The Bertz CT molecular complexity index is 460. The highest BCUT2D eigenvalue weighted by Gasteiger charge is 2.11. The smallest absolute Gasteiger partial charge is 0.184 e. The van der Waals surface area contributed by atoms with E-state index in [1.165, 1.54) is 5.56 Å². The quantitative estimate of drug-likeness (QED) is 0.889. The average molecular weight is 325 g/mol. The summed E-state index contributed by atoms with van der Waals surface area (Å²) >= 11 is 3.49. The van der Waals surface area contributed by atoms with Gasteiger partial charge < -0.3 is 10.1 Å². The zero-order chi connectivity index (χ0) is 14.5. The van der Waals surface area contributed by atoms with Crippen LogP contribution in [-0.2, 0) is 6.54 Å². The van der Waals surface area contributed by atoms with Crippen molar-refractivity contribution in [2.24, 2.45) is 0 Å². The Labute approximate surface area is 124 Å². The highest BCUT2D eigenvalue weighted by Crippen LogP contribution is 2.27. The second-order valence-electron chi connectivity index (χ2n) is 5.51. The van der Waals surface area contributed by atoms with Crippen LogP contribution < -0.4 is 10.1 Å². The summed E-state index contributed by atoms with van der Waals surface area (Å²) < 4.78 is 6.50. The van der Waals surface area contributed by atoms with Gasteiger partial charge in [-0.2, -0.15) is 5.26 Å². The third-order valence-electron chi connectivity index (χ3n) is 2.60. The second kappa shape index (κ2) is 6.93. The Morgan fingerprint density at radius 1 is 1.42 bits per heavy atom. The van der Waals surface area contributed by atoms with Crippen molar-refractivity contribution in [1.29, 1.82) is 5.26 Å². The molecule has 1 atom stereocenters. The van der Waals surface area contributed by atoms with Gasteiger partial charge in [-0.15, -0.1) is 0 Å². The number of nitrogens with zero attached hydrogens (tertiary/aromatic N) is 1. The van der Waals surface area contributed by atoms with Crippen LogP contribution in [0.1, 0.15) is 39.7 Å². The maximum atomic E-state index is 8.91. The predicted molar refractivity (Wildman–Crippen MR) is 81.1 cm³/mol. The second-order valence-corrected chi connectivity index (χ2v) is 6.37. The summed E-state index contributed by atoms with van der Waals surface area (Å²) in [5.74, 6) is 0.716. The van der Waals surface area contributed by atoms with E-state index in [0.29, 0.717) is 12.2 Å². The topological polar surface area (TPSA) is 45.0 Å². The van der Waals surface area contributed by atoms with Gasteiger partial charge in [0.2, 0.25) is 0 Å². The van der Waals surface area contributed by atoms with E-state index < -0.39 is 6.10 Å². The molecule has 0 saturated heterocycles. The van der Waals surface area contributed by atoms with E-state index >= 15 is 0 Å². The van der Waals surface area contributed by atoms with Crippen LogP contribution in [0, 0.1) is 11.3 Å². The first-order chi connectivity index (χ1) is 8.85. The van der Waals surface area contributed by atoms with Gasteiger partial charge in [0.15, 0.2) is 6.10 Å². The molecule has 1 aromatic rings. The summed E-state index contributed by atoms with van der Waals surface area (Å²) in [5, 5.41) is 12.3. The zero-order valence-electron chi connectivity index (χ0n) is 12.0. The lowest BCUT2D eigenvalue weighted by Crippen LogP contribution is -2.35. The van der Waals surface area contributed by atoms with Crippen molar-refractivity contribution < 1.29 is 4.74 Å². The van der Waals surface area contributed by atoms with E-state index in [9.17, 15) is 0 Å². The molecule has 4 heteroatoms. The summed E-state index contributed by atoms with van der Waals surface area (Å²) in [7, 11) is 0. The number of benzene rings is 1. The number of hydrogen-bond acceptors (Lipinski definition) is 3. The summed E-state index contributed by atoms with van der Waals surface area (Å²) in [6, 6.07) is 8.08. The van der Waals surface area contributed by atoms with Crippen LogP contribution in [0.3, 0.4) is 0 Å². The summed E-state index contributed by atoms with van der Waals surface area (Å²) in [6.07, 6.45) is 0.283. The van der Waals surface area contributed by atoms with Crippen molar-refractivity contribution in [2.75, 3.05) is 0 Å². The molecule has 0 radical (unpaired) electrons. The fourth-order valence-corrected chi connectivity index (χ4v) is 1.99. The maximum Gasteiger partial charge on any atom is 0.184 e. The molecule has 0 aliphatic carbocycles. The first-order valence-electron chi connectivity index (χ1n) is 6.45. The van der Waals surface area contributed by atoms with Crippen LogP contribution in [-0.4, -0.2) is 11.6 Å². The Morgan fingerprint density at radius 2 is 2.11 bits per heavy atom.